The number of carbonyl (C=O) groups is 1. The number of nitrogens with one attached hydrogen (secondary N) is 1. The molecule has 1 rings (SSSR count). The summed E-state index contributed by atoms with van der Waals surface area (Å²) in [5, 5.41) is 3.27. The Balaban J connectivity index is 2.44. The van der Waals surface area contributed by atoms with Gasteiger partial charge in [-0.1, -0.05) is 6.58 Å². The zero-order valence-electron chi connectivity index (χ0n) is 7.55. The molecule has 1 fully saturated rings. The Morgan fingerprint density at radius 1 is 1.75 bits per heavy atom. The van der Waals surface area contributed by atoms with Crippen molar-refractivity contribution in [3.8, 4) is 0 Å². The minimum atomic E-state index is 0.0173. The fourth-order valence-electron chi connectivity index (χ4n) is 1.49. The maximum absolute atomic E-state index is 11.2. The van der Waals surface area contributed by atoms with Gasteiger partial charge in [0, 0.05) is 19.6 Å². The highest BCUT2D eigenvalue weighted by Gasteiger charge is 2.19. The van der Waals surface area contributed by atoms with Crippen LogP contribution in [0.3, 0.4) is 0 Å². The first-order valence-corrected chi connectivity index (χ1v) is 4.35. The van der Waals surface area contributed by atoms with Crippen LogP contribution >= 0.6 is 0 Å². The van der Waals surface area contributed by atoms with E-state index in [9.17, 15) is 4.79 Å². The molecule has 0 spiro atoms. The Kier molecular flexibility index (Phi) is 3.29. The van der Waals surface area contributed by atoms with Crippen LogP contribution in [0, 0.1) is 0 Å². The van der Waals surface area contributed by atoms with Crippen molar-refractivity contribution < 1.29 is 4.79 Å². The first kappa shape index (κ1) is 9.26. The van der Waals surface area contributed by atoms with E-state index in [1.165, 1.54) is 6.08 Å². The summed E-state index contributed by atoms with van der Waals surface area (Å²) in [6, 6.07) is 0.351. The van der Waals surface area contributed by atoms with Crippen LogP contribution in [0.25, 0.3) is 0 Å². The summed E-state index contributed by atoms with van der Waals surface area (Å²) < 4.78 is 0. The maximum Gasteiger partial charge on any atom is 0.245 e. The van der Waals surface area contributed by atoms with E-state index in [-0.39, 0.29) is 5.91 Å². The molecule has 0 aromatic rings. The van der Waals surface area contributed by atoms with Crippen molar-refractivity contribution in [1.29, 1.82) is 0 Å². The Hall–Kier alpha value is -0.830. The largest absolute Gasteiger partial charge is 0.338 e. The molecule has 0 aromatic carbocycles. The van der Waals surface area contributed by atoms with Gasteiger partial charge in [0.15, 0.2) is 0 Å². The standard InChI is InChI=1S/C9H16N2O/c1-3-9(12)11(2)8-5-4-6-10-7-8/h3,8,10H,1,4-7H2,2H3. The normalized spacial score (nSPS) is 23.2. The monoisotopic (exact) mass is 168 g/mol. The summed E-state index contributed by atoms with van der Waals surface area (Å²) in [4.78, 5) is 13.0. The number of piperidine rings is 1. The first-order chi connectivity index (χ1) is 5.75. The second-order valence-electron chi connectivity index (χ2n) is 3.15. The SMILES string of the molecule is C=CC(=O)N(C)C1CCCNC1. The van der Waals surface area contributed by atoms with Crippen molar-refractivity contribution in [2.45, 2.75) is 18.9 Å². The van der Waals surface area contributed by atoms with Gasteiger partial charge in [0.2, 0.25) is 5.91 Å². The van der Waals surface area contributed by atoms with Gasteiger partial charge in [-0.15, -0.1) is 0 Å². The van der Waals surface area contributed by atoms with E-state index < -0.39 is 0 Å². The van der Waals surface area contributed by atoms with Gasteiger partial charge in [-0.05, 0) is 25.5 Å². The van der Waals surface area contributed by atoms with E-state index in [0.29, 0.717) is 6.04 Å². The minimum Gasteiger partial charge on any atom is -0.338 e. The van der Waals surface area contributed by atoms with Crippen molar-refractivity contribution in [3.63, 3.8) is 0 Å². The average Bonchev–Trinajstić information content (AvgIpc) is 2.17. The predicted molar refractivity (Wildman–Crippen MR) is 48.9 cm³/mol. The second-order valence-corrected chi connectivity index (χ2v) is 3.15. The molecule has 0 aliphatic carbocycles. The van der Waals surface area contributed by atoms with Gasteiger partial charge in [-0.3, -0.25) is 4.79 Å². The number of nitrogens with zero attached hydrogens (tertiary/aromatic N) is 1. The van der Waals surface area contributed by atoms with Crippen LogP contribution in [0.2, 0.25) is 0 Å². The predicted octanol–water partition coefficient (Wildman–Crippen LogP) is 0.383. The Bertz CT molecular complexity index is 173. The average molecular weight is 168 g/mol. The molecule has 12 heavy (non-hydrogen) atoms. The molecule has 3 heteroatoms. The minimum absolute atomic E-state index is 0.0173. The van der Waals surface area contributed by atoms with Crippen molar-refractivity contribution in [1.82, 2.24) is 10.2 Å². The van der Waals surface area contributed by atoms with E-state index in [1.54, 1.807) is 4.90 Å². The van der Waals surface area contributed by atoms with Crippen LogP contribution in [-0.2, 0) is 4.79 Å². The molecule has 1 amide bonds. The van der Waals surface area contributed by atoms with Crippen LogP contribution in [0.4, 0.5) is 0 Å². The highest BCUT2D eigenvalue weighted by Crippen LogP contribution is 2.08. The van der Waals surface area contributed by atoms with E-state index in [4.69, 9.17) is 0 Å². The molecule has 0 bridgehead atoms. The van der Waals surface area contributed by atoms with Gasteiger partial charge in [0.05, 0.1) is 0 Å². The van der Waals surface area contributed by atoms with Crippen LogP contribution in [0.1, 0.15) is 12.8 Å². The first-order valence-electron chi connectivity index (χ1n) is 4.35. The second kappa shape index (κ2) is 4.26. The van der Waals surface area contributed by atoms with Gasteiger partial charge in [-0.2, -0.15) is 0 Å². The molecule has 1 heterocycles. The number of hydrogen-bond acceptors (Lipinski definition) is 2. The molecule has 3 nitrogen and oxygen atoms in total. The Morgan fingerprint density at radius 3 is 3.00 bits per heavy atom. The topological polar surface area (TPSA) is 32.3 Å². The number of hydrogen-bond donors (Lipinski definition) is 1. The van der Waals surface area contributed by atoms with Crippen LogP contribution in [0.5, 0.6) is 0 Å². The maximum atomic E-state index is 11.2. The summed E-state index contributed by atoms with van der Waals surface area (Å²) in [7, 11) is 1.84. The lowest BCUT2D eigenvalue weighted by Crippen LogP contribution is -2.46. The molecule has 0 radical (unpaired) electrons. The number of carbonyl (C=O) groups excluding carboxylic acids is 1. The third kappa shape index (κ3) is 2.08. The Morgan fingerprint density at radius 2 is 2.50 bits per heavy atom. The molecule has 0 saturated carbocycles. The molecule has 0 aromatic heterocycles. The van der Waals surface area contributed by atoms with Crippen molar-refractivity contribution in [3.05, 3.63) is 12.7 Å². The lowest BCUT2D eigenvalue weighted by molar-refractivity contribution is -0.127. The van der Waals surface area contributed by atoms with E-state index >= 15 is 0 Å². The third-order valence-corrected chi connectivity index (χ3v) is 2.34. The van der Waals surface area contributed by atoms with E-state index in [1.807, 2.05) is 7.05 Å². The molecule has 1 N–H and O–H groups in total. The van der Waals surface area contributed by atoms with Gasteiger partial charge in [0.25, 0.3) is 0 Å². The molecule has 1 saturated heterocycles. The van der Waals surface area contributed by atoms with E-state index in [2.05, 4.69) is 11.9 Å². The molecule has 1 aliphatic rings. The molecule has 1 aliphatic heterocycles. The van der Waals surface area contributed by atoms with Crippen molar-refractivity contribution in [2.24, 2.45) is 0 Å². The highest BCUT2D eigenvalue weighted by atomic mass is 16.2. The van der Waals surface area contributed by atoms with Crippen LogP contribution < -0.4 is 5.32 Å². The van der Waals surface area contributed by atoms with Crippen LogP contribution in [0.15, 0.2) is 12.7 Å². The highest BCUT2D eigenvalue weighted by molar-refractivity contribution is 5.87. The van der Waals surface area contributed by atoms with Crippen molar-refractivity contribution in [2.75, 3.05) is 20.1 Å². The number of amides is 1. The molecular weight excluding hydrogens is 152 g/mol. The van der Waals surface area contributed by atoms with Gasteiger partial charge < -0.3 is 10.2 Å². The van der Waals surface area contributed by atoms with Gasteiger partial charge in [0.1, 0.15) is 0 Å². The molecule has 1 unspecified atom stereocenters. The third-order valence-electron chi connectivity index (χ3n) is 2.34. The van der Waals surface area contributed by atoms with Gasteiger partial charge in [-0.25, -0.2) is 0 Å². The number of likely N-dealkylation sites (N-methyl/N-ethyl adjacent to an activating group) is 1. The van der Waals surface area contributed by atoms with E-state index in [0.717, 1.165) is 25.9 Å². The van der Waals surface area contributed by atoms with Crippen molar-refractivity contribution >= 4 is 5.91 Å². The lowest BCUT2D eigenvalue weighted by atomic mass is 10.1. The summed E-state index contributed by atoms with van der Waals surface area (Å²) >= 11 is 0. The zero-order chi connectivity index (χ0) is 8.97. The molecule has 1 atom stereocenters. The quantitative estimate of drug-likeness (QED) is 0.605. The Labute approximate surface area is 73.4 Å². The zero-order valence-corrected chi connectivity index (χ0v) is 7.55. The number of rotatable bonds is 2. The smallest absolute Gasteiger partial charge is 0.245 e. The summed E-state index contributed by atoms with van der Waals surface area (Å²) in [5.41, 5.74) is 0. The summed E-state index contributed by atoms with van der Waals surface area (Å²) in [5.74, 6) is 0.0173. The molecule has 68 valence electrons. The fraction of sp³-hybridized carbons (Fsp3) is 0.667. The van der Waals surface area contributed by atoms with Gasteiger partial charge >= 0.3 is 0 Å². The summed E-state index contributed by atoms with van der Waals surface area (Å²) in [6.07, 6.45) is 3.62. The fourth-order valence-corrected chi connectivity index (χ4v) is 1.49. The summed E-state index contributed by atoms with van der Waals surface area (Å²) in [6.45, 7) is 5.45. The molecular formula is C9H16N2O. The lowest BCUT2D eigenvalue weighted by Gasteiger charge is -2.30. The van der Waals surface area contributed by atoms with Crippen LogP contribution in [-0.4, -0.2) is 37.0 Å².